The van der Waals surface area contributed by atoms with Crippen molar-refractivity contribution in [2.45, 2.75) is 18.9 Å². The molecule has 0 spiro atoms. The molecule has 1 atom stereocenters. The number of carboxylic acids is 1. The quantitative estimate of drug-likeness (QED) is 0.746. The van der Waals surface area contributed by atoms with E-state index >= 15 is 0 Å². The summed E-state index contributed by atoms with van der Waals surface area (Å²) in [6.45, 7) is 5.69. The molecule has 0 bridgehead atoms. The van der Waals surface area contributed by atoms with Crippen molar-refractivity contribution in [1.29, 1.82) is 0 Å². The molecular weight excluding hydrogens is 221 g/mol. The van der Waals surface area contributed by atoms with Crippen molar-refractivity contribution >= 4 is 5.97 Å². The first-order valence-corrected chi connectivity index (χ1v) is 5.42. The molecule has 0 heterocycles. The number of halogens is 1. The van der Waals surface area contributed by atoms with Crippen molar-refractivity contribution in [2.75, 3.05) is 6.54 Å². The Hall–Kier alpha value is -1.68. The van der Waals surface area contributed by atoms with Gasteiger partial charge in [-0.2, -0.15) is 0 Å². The van der Waals surface area contributed by atoms with E-state index < -0.39 is 11.5 Å². The molecule has 2 N–H and O–H groups in total. The number of nitrogens with one attached hydrogen (secondary N) is 1. The number of hydrogen-bond acceptors (Lipinski definition) is 2. The molecule has 4 heteroatoms. The molecule has 92 valence electrons. The van der Waals surface area contributed by atoms with E-state index in [2.05, 4.69) is 11.9 Å². The van der Waals surface area contributed by atoms with Crippen LogP contribution in [-0.2, 0) is 10.3 Å². The topological polar surface area (TPSA) is 49.3 Å². The van der Waals surface area contributed by atoms with Crippen LogP contribution in [0, 0.1) is 5.82 Å². The summed E-state index contributed by atoms with van der Waals surface area (Å²) < 4.78 is 12.8. The lowest BCUT2D eigenvalue weighted by molar-refractivity contribution is -0.145. The van der Waals surface area contributed by atoms with Gasteiger partial charge >= 0.3 is 5.97 Å². The van der Waals surface area contributed by atoms with E-state index in [1.165, 1.54) is 24.3 Å². The van der Waals surface area contributed by atoms with Gasteiger partial charge in [0, 0.05) is 6.54 Å². The van der Waals surface area contributed by atoms with Gasteiger partial charge in [-0.1, -0.05) is 25.1 Å². The van der Waals surface area contributed by atoms with E-state index in [1.54, 1.807) is 13.0 Å². The van der Waals surface area contributed by atoms with Crippen molar-refractivity contribution in [1.82, 2.24) is 5.32 Å². The molecular formula is C13H16FNO2. The number of benzene rings is 1. The maximum absolute atomic E-state index is 12.8. The minimum absolute atomic E-state index is 0.363. The maximum atomic E-state index is 12.8. The number of aliphatic carboxylic acids is 1. The molecule has 0 radical (unpaired) electrons. The summed E-state index contributed by atoms with van der Waals surface area (Å²) in [5, 5.41) is 12.3. The Balaban J connectivity index is 3.16. The molecule has 0 aliphatic carbocycles. The maximum Gasteiger partial charge on any atom is 0.328 e. The Morgan fingerprint density at radius 2 is 2.12 bits per heavy atom. The fraction of sp³-hybridized carbons (Fsp3) is 0.308. The van der Waals surface area contributed by atoms with Gasteiger partial charge in [0.2, 0.25) is 0 Å². The molecule has 1 unspecified atom stereocenters. The van der Waals surface area contributed by atoms with Gasteiger partial charge in [-0.15, -0.1) is 6.58 Å². The van der Waals surface area contributed by atoms with Crippen LogP contribution in [0.3, 0.4) is 0 Å². The summed E-state index contributed by atoms with van der Waals surface area (Å²) >= 11 is 0. The molecule has 0 aliphatic heterocycles. The Morgan fingerprint density at radius 1 is 1.53 bits per heavy atom. The third-order valence-corrected chi connectivity index (χ3v) is 2.78. The molecule has 0 fully saturated rings. The van der Waals surface area contributed by atoms with Crippen LogP contribution in [0.25, 0.3) is 0 Å². The fourth-order valence-corrected chi connectivity index (χ4v) is 1.76. The van der Waals surface area contributed by atoms with Crippen LogP contribution < -0.4 is 5.32 Å². The van der Waals surface area contributed by atoms with Gasteiger partial charge in [-0.3, -0.25) is 5.32 Å². The monoisotopic (exact) mass is 237 g/mol. The lowest BCUT2D eigenvalue weighted by Crippen LogP contribution is -2.48. The molecule has 0 aliphatic rings. The highest BCUT2D eigenvalue weighted by Gasteiger charge is 2.37. The van der Waals surface area contributed by atoms with E-state index in [0.717, 1.165) is 0 Å². The lowest BCUT2D eigenvalue weighted by Gasteiger charge is -2.29. The first kappa shape index (κ1) is 13.4. The predicted molar refractivity (Wildman–Crippen MR) is 64.2 cm³/mol. The number of rotatable bonds is 6. The third kappa shape index (κ3) is 2.71. The third-order valence-electron chi connectivity index (χ3n) is 2.78. The summed E-state index contributed by atoms with van der Waals surface area (Å²) in [6, 6.07) is 5.50. The van der Waals surface area contributed by atoms with Gasteiger partial charge in [0.25, 0.3) is 0 Å². The van der Waals surface area contributed by atoms with Gasteiger partial charge < -0.3 is 5.11 Å². The normalized spacial score (nSPS) is 14.0. The minimum Gasteiger partial charge on any atom is -0.480 e. The Kier molecular flexibility index (Phi) is 4.40. The lowest BCUT2D eigenvalue weighted by atomic mass is 9.87. The largest absolute Gasteiger partial charge is 0.480 e. The van der Waals surface area contributed by atoms with E-state index in [1.807, 2.05) is 0 Å². The molecule has 0 saturated heterocycles. The van der Waals surface area contributed by atoms with Gasteiger partial charge in [0.05, 0.1) is 0 Å². The fourth-order valence-electron chi connectivity index (χ4n) is 1.76. The number of hydrogen-bond donors (Lipinski definition) is 2. The zero-order chi connectivity index (χ0) is 12.9. The van der Waals surface area contributed by atoms with Crippen molar-refractivity contribution in [3.8, 4) is 0 Å². The average Bonchev–Trinajstić information content (AvgIpc) is 2.32. The van der Waals surface area contributed by atoms with Crippen molar-refractivity contribution < 1.29 is 14.3 Å². The number of carboxylic acid groups (broad SMARTS) is 1. The second-order valence-electron chi connectivity index (χ2n) is 3.74. The van der Waals surface area contributed by atoms with E-state index in [0.29, 0.717) is 18.5 Å². The summed E-state index contributed by atoms with van der Waals surface area (Å²) in [5.41, 5.74) is -0.655. The van der Waals surface area contributed by atoms with Crippen molar-refractivity contribution in [3.05, 3.63) is 48.3 Å². The van der Waals surface area contributed by atoms with Crippen LogP contribution in [0.2, 0.25) is 0 Å². The van der Waals surface area contributed by atoms with Crippen LogP contribution in [0.15, 0.2) is 36.9 Å². The summed E-state index contributed by atoms with van der Waals surface area (Å²) in [4.78, 5) is 11.5. The summed E-state index contributed by atoms with van der Waals surface area (Å²) in [7, 11) is 0. The molecule has 0 saturated carbocycles. The molecule has 1 aromatic rings. The summed E-state index contributed by atoms with van der Waals surface area (Å²) in [5.74, 6) is -1.36. The average molecular weight is 237 g/mol. The van der Waals surface area contributed by atoms with Crippen LogP contribution in [-0.4, -0.2) is 17.6 Å². The van der Waals surface area contributed by atoms with Gasteiger partial charge in [-0.05, 0) is 24.1 Å². The summed E-state index contributed by atoms with van der Waals surface area (Å²) in [6.07, 6.45) is 1.96. The Bertz CT molecular complexity index is 402. The molecule has 17 heavy (non-hydrogen) atoms. The molecule has 0 aromatic heterocycles. The molecule has 1 rings (SSSR count). The molecule has 0 amide bonds. The zero-order valence-electron chi connectivity index (χ0n) is 9.74. The Labute approximate surface area is 100.0 Å². The van der Waals surface area contributed by atoms with Crippen LogP contribution in [0.4, 0.5) is 4.39 Å². The van der Waals surface area contributed by atoms with E-state index in [-0.39, 0.29) is 5.82 Å². The van der Waals surface area contributed by atoms with Crippen LogP contribution in [0.1, 0.15) is 18.9 Å². The standard InChI is InChI=1S/C13H16FNO2/c1-3-9-15-13(4-2,12(16)17)10-5-7-11(14)8-6-10/h3,5-8,15H,1,4,9H2,2H3,(H,16,17). The molecule has 1 aromatic carbocycles. The molecule has 3 nitrogen and oxygen atoms in total. The Morgan fingerprint density at radius 3 is 2.53 bits per heavy atom. The van der Waals surface area contributed by atoms with Crippen LogP contribution >= 0.6 is 0 Å². The number of carbonyl (C=O) groups is 1. The van der Waals surface area contributed by atoms with Gasteiger partial charge in [0.15, 0.2) is 0 Å². The smallest absolute Gasteiger partial charge is 0.328 e. The highest BCUT2D eigenvalue weighted by Crippen LogP contribution is 2.25. The van der Waals surface area contributed by atoms with E-state index in [9.17, 15) is 14.3 Å². The second kappa shape index (κ2) is 5.59. The zero-order valence-corrected chi connectivity index (χ0v) is 9.74. The van der Waals surface area contributed by atoms with E-state index in [4.69, 9.17) is 0 Å². The van der Waals surface area contributed by atoms with Gasteiger partial charge in [-0.25, -0.2) is 9.18 Å². The first-order valence-electron chi connectivity index (χ1n) is 5.42. The predicted octanol–water partition coefficient (Wildman–Crippen LogP) is 2.29. The van der Waals surface area contributed by atoms with Crippen molar-refractivity contribution in [3.63, 3.8) is 0 Å². The first-order chi connectivity index (χ1) is 8.06. The van der Waals surface area contributed by atoms with Gasteiger partial charge in [0.1, 0.15) is 11.4 Å². The SMILES string of the molecule is C=CCNC(CC)(C(=O)O)c1ccc(F)cc1. The highest BCUT2D eigenvalue weighted by molar-refractivity contribution is 5.80. The highest BCUT2D eigenvalue weighted by atomic mass is 19.1. The minimum atomic E-state index is -1.19. The second-order valence-corrected chi connectivity index (χ2v) is 3.74. The van der Waals surface area contributed by atoms with Crippen LogP contribution in [0.5, 0.6) is 0 Å². The van der Waals surface area contributed by atoms with Crippen molar-refractivity contribution in [2.24, 2.45) is 0 Å².